The van der Waals surface area contributed by atoms with Crippen molar-refractivity contribution in [3.63, 3.8) is 0 Å². The van der Waals surface area contributed by atoms with Crippen LogP contribution in [0.4, 0.5) is 5.82 Å². The standard InChI is InChI=1S/C14H23N5O5S/c15-4-1-2-7(16)13(22)24-6-8-10(20)11(21)12(25-8)19-5-3-9(17)18-14(19)23/h3,5,7-8,10-12,20-21H,1-2,4,6,15-16H2,(H2,17,18,23)/t7-,8-,10?,11?,12-/m1/s1. The maximum Gasteiger partial charge on any atom is 0.350 e. The molecule has 0 amide bonds. The molecule has 2 heterocycles. The highest BCUT2D eigenvalue weighted by molar-refractivity contribution is 8.00. The van der Waals surface area contributed by atoms with Crippen LogP contribution in [0.5, 0.6) is 0 Å². The van der Waals surface area contributed by atoms with Gasteiger partial charge in [0.15, 0.2) is 0 Å². The normalized spacial score (nSPS) is 27.2. The Bertz CT molecular complexity index is 657. The highest BCUT2D eigenvalue weighted by Gasteiger charge is 2.44. The van der Waals surface area contributed by atoms with Crippen LogP contribution in [0.25, 0.3) is 0 Å². The summed E-state index contributed by atoms with van der Waals surface area (Å²) in [6, 6.07) is 0.641. The van der Waals surface area contributed by atoms with Gasteiger partial charge in [-0.15, -0.1) is 11.8 Å². The predicted octanol–water partition coefficient (Wildman–Crippen LogP) is -2.23. The van der Waals surface area contributed by atoms with E-state index in [1.807, 2.05) is 0 Å². The fourth-order valence-electron chi connectivity index (χ4n) is 2.44. The van der Waals surface area contributed by atoms with E-state index in [0.717, 1.165) is 11.8 Å². The molecule has 25 heavy (non-hydrogen) atoms. The Balaban J connectivity index is 1.97. The largest absolute Gasteiger partial charge is 0.463 e. The summed E-state index contributed by atoms with van der Waals surface area (Å²) in [7, 11) is 0. The molecule has 8 N–H and O–H groups in total. The van der Waals surface area contributed by atoms with Gasteiger partial charge in [-0.2, -0.15) is 4.98 Å². The first kappa shape index (κ1) is 19.7. The van der Waals surface area contributed by atoms with Crippen molar-refractivity contribution >= 4 is 23.5 Å². The Morgan fingerprint density at radius 2 is 2.16 bits per heavy atom. The summed E-state index contributed by atoms with van der Waals surface area (Å²) < 4.78 is 6.30. The third kappa shape index (κ3) is 4.70. The molecule has 1 aliphatic heterocycles. The van der Waals surface area contributed by atoms with Gasteiger partial charge in [-0.25, -0.2) is 4.79 Å². The van der Waals surface area contributed by atoms with Gasteiger partial charge in [-0.05, 0) is 25.5 Å². The summed E-state index contributed by atoms with van der Waals surface area (Å²) in [4.78, 5) is 27.3. The zero-order valence-electron chi connectivity index (χ0n) is 13.5. The lowest BCUT2D eigenvalue weighted by molar-refractivity contribution is -0.146. The van der Waals surface area contributed by atoms with Crippen molar-refractivity contribution in [1.29, 1.82) is 0 Å². The maximum absolute atomic E-state index is 11.9. The number of nitrogen functional groups attached to an aromatic ring is 1. The number of carbonyl (C=O) groups excluding carboxylic acids is 1. The van der Waals surface area contributed by atoms with E-state index >= 15 is 0 Å². The maximum atomic E-state index is 11.9. The highest BCUT2D eigenvalue weighted by atomic mass is 32.2. The van der Waals surface area contributed by atoms with Crippen LogP contribution in [0.3, 0.4) is 0 Å². The molecule has 1 saturated heterocycles. The van der Waals surface area contributed by atoms with Crippen LogP contribution in [-0.4, -0.2) is 62.4 Å². The average molecular weight is 373 g/mol. The Kier molecular flexibility index (Phi) is 6.79. The second-order valence-corrected chi connectivity index (χ2v) is 7.12. The molecule has 1 aromatic heterocycles. The molecule has 5 atom stereocenters. The predicted molar refractivity (Wildman–Crippen MR) is 92.6 cm³/mol. The molecule has 0 spiro atoms. The molecule has 2 rings (SSSR count). The number of aliphatic hydroxyl groups excluding tert-OH is 2. The van der Waals surface area contributed by atoms with Crippen molar-refractivity contribution in [2.45, 2.75) is 41.7 Å². The Morgan fingerprint density at radius 3 is 2.80 bits per heavy atom. The molecular weight excluding hydrogens is 350 g/mol. The van der Waals surface area contributed by atoms with Crippen molar-refractivity contribution < 1.29 is 19.7 Å². The third-order valence-electron chi connectivity index (χ3n) is 3.87. The second-order valence-electron chi connectivity index (χ2n) is 5.76. The number of hydrogen-bond acceptors (Lipinski definition) is 10. The first-order valence-corrected chi connectivity index (χ1v) is 8.78. The Labute approximate surface area is 148 Å². The second kappa shape index (κ2) is 8.63. The van der Waals surface area contributed by atoms with Crippen LogP contribution in [0.15, 0.2) is 17.1 Å². The summed E-state index contributed by atoms with van der Waals surface area (Å²) in [6.45, 7) is 0.294. The summed E-state index contributed by atoms with van der Waals surface area (Å²) >= 11 is 1.12. The molecule has 0 aliphatic carbocycles. The number of hydrogen-bond donors (Lipinski definition) is 5. The lowest BCUT2D eigenvalue weighted by Gasteiger charge is -2.17. The number of rotatable bonds is 7. The van der Waals surface area contributed by atoms with Crippen LogP contribution in [0.1, 0.15) is 18.2 Å². The first-order chi connectivity index (χ1) is 11.8. The van der Waals surface area contributed by atoms with Gasteiger partial charge in [0.2, 0.25) is 0 Å². The number of ether oxygens (including phenoxy) is 1. The van der Waals surface area contributed by atoms with Gasteiger partial charge in [-0.3, -0.25) is 9.36 Å². The smallest absolute Gasteiger partial charge is 0.350 e. The molecule has 11 heteroatoms. The van der Waals surface area contributed by atoms with E-state index in [1.165, 1.54) is 16.8 Å². The topological polar surface area (TPSA) is 180 Å². The van der Waals surface area contributed by atoms with Gasteiger partial charge in [0.1, 0.15) is 29.9 Å². The van der Waals surface area contributed by atoms with E-state index in [0.29, 0.717) is 19.4 Å². The highest BCUT2D eigenvalue weighted by Crippen LogP contribution is 2.41. The van der Waals surface area contributed by atoms with Gasteiger partial charge in [0, 0.05) is 6.20 Å². The van der Waals surface area contributed by atoms with Crippen LogP contribution < -0.4 is 22.9 Å². The Hall–Kier alpha value is -1.66. The van der Waals surface area contributed by atoms with Crippen molar-refractivity contribution in [2.75, 3.05) is 18.9 Å². The third-order valence-corrected chi connectivity index (χ3v) is 5.42. The number of carbonyl (C=O) groups is 1. The number of aromatic nitrogens is 2. The number of aliphatic hydroxyl groups is 2. The van der Waals surface area contributed by atoms with E-state index in [-0.39, 0.29) is 12.4 Å². The molecule has 0 aromatic carbocycles. The lowest BCUT2D eigenvalue weighted by atomic mass is 10.1. The van der Waals surface area contributed by atoms with Crippen LogP contribution >= 0.6 is 11.8 Å². The van der Waals surface area contributed by atoms with Crippen LogP contribution in [0, 0.1) is 0 Å². The quantitative estimate of drug-likeness (QED) is 0.328. The lowest BCUT2D eigenvalue weighted by Crippen LogP contribution is -2.38. The van der Waals surface area contributed by atoms with E-state index in [9.17, 15) is 19.8 Å². The number of esters is 1. The van der Waals surface area contributed by atoms with Crippen molar-refractivity contribution in [1.82, 2.24) is 9.55 Å². The van der Waals surface area contributed by atoms with Gasteiger partial charge >= 0.3 is 11.7 Å². The van der Waals surface area contributed by atoms with Crippen molar-refractivity contribution in [2.24, 2.45) is 11.5 Å². The molecular formula is C14H23N5O5S. The number of nitrogens with two attached hydrogens (primary N) is 3. The van der Waals surface area contributed by atoms with Crippen molar-refractivity contribution in [3.8, 4) is 0 Å². The zero-order valence-corrected chi connectivity index (χ0v) is 14.3. The minimum Gasteiger partial charge on any atom is -0.463 e. The molecule has 0 saturated carbocycles. The molecule has 0 bridgehead atoms. The molecule has 140 valence electrons. The molecule has 1 aromatic rings. The van der Waals surface area contributed by atoms with E-state index in [4.69, 9.17) is 21.9 Å². The number of nitrogens with zero attached hydrogens (tertiary/aromatic N) is 2. The van der Waals surface area contributed by atoms with Gasteiger partial charge in [-0.1, -0.05) is 0 Å². The van der Waals surface area contributed by atoms with Crippen molar-refractivity contribution in [3.05, 3.63) is 22.7 Å². The average Bonchev–Trinajstić information content (AvgIpc) is 2.85. The SMILES string of the molecule is NCCC[C@@H](N)C(=O)OC[C@H]1S[C@@H](n2ccc(N)nc2=O)C(O)C1O. The minimum absolute atomic E-state index is 0.0660. The molecule has 1 aliphatic rings. The first-order valence-electron chi connectivity index (χ1n) is 7.83. The number of anilines is 1. The minimum atomic E-state index is -1.22. The fraction of sp³-hybridized carbons (Fsp3) is 0.643. The van der Waals surface area contributed by atoms with Gasteiger partial charge in [0.05, 0.1) is 11.4 Å². The fourth-order valence-corrected chi connectivity index (χ4v) is 3.88. The van der Waals surface area contributed by atoms with Crippen LogP contribution in [-0.2, 0) is 9.53 Å². The van der Waals surface area contributed by atoms with Crippen LogP contribution in [0.2, 0.25) is 0 Å². The monoisotopic (exact) mass is 373 g/mol. The summed E-state index contributed by atoms with van der Waals surface area (Å²) in [6.07, 6.45) is 0.0172. The summed E-state index contributed by atoms with van der Waals surface area (Å²) in [5.74, 6) is -0.526. The molecule has 10 nitrogen and oxygen atoms in total. The Morgan fingerprint density at radius 1 is 1.44 bits per heavy atom. The molecule has 0 radical (unpaired) electrons. The van der Waals surface area contributed by atoms with E-state index in [2.05, 4.69) is 4.98 Å². The number of thioether (sulfide) groups is 1. The van der Waals surface area contributed by atoms with E-state index in [1.54, 1.807) is 0 Å². The zero-order chi connectivity index (χ0) is 18.6. The van der Waals surface area contributed by atoms with Gasteiger partial charge < -0.3 is 32.2 Å². The van der Waals surface area contributed by atoms with Gasteiger partial charge in [0.25, 0.3) is 0 Å². The molecule has 1 fully saturated rings. The summed E-state index contributed by atoms with van der Waals surface area (Å²) in [5, 5.41) is 19.0. The molecule has 2 unspecified atom stereocenters. The summed E-state index contributed by atoms with van der Waals surface area (Å²) in [5.41, 5.74) is 15.9. The van der Waals surface area contributed by atoms with E-state index < -0.39 is 40.5 Å².